The normalized spacial score (nSPS) is 10.3. The largest absolute Gasteiger partial charge is 0.492 e. The third-order valence-electron chi connectivity index (χ3n) is 2.44. The van der Waals surface area contributed by atoms with Gasteiger partial charge in [-0.25, -0.2) is 0 Å². The van der Waals surface area contributed by atoms with Crippen molar-refractivity contribution in [1.82, 2.24) is 15.1 Å². The second-order valence-corrected chi connectivity index (χ2v) is 6.36. The molecule has 1 amide bonds. The van der Waals surface area contributed by atoms with Crippen molar-refractivity contribution in [1.29, 1.82) is 0 Å². The van der Waals surface area contributed by atoms with E-state index >= 15 is 0 Å². The summed E-state index contributed by atoms with van der Waals surface area (Å²) in [5.41, 5.74) is 0. The maximum Gasteiger partial charge on any atom is 0.284 e. The van der Waals surface area contributed by atoms with Crippen LogP contribution in [-0.4, -0.2) is 41.2 Å². The lowest BCUT2D eigenvalue weighted by Crippen LogP contribution is -2.30. The minimum absolute atomic E-state index is 0.214. The zero-order valence-corrected chi connectivity index (χ0v) is 13.7. The standard InChI is InChI=1S/C12H11BrClN3O2S/c1-17(11(18)10-15-16-12(14)20-10)6-7-19-9-4-2-8(13)3-5-9/h2-5H,6-7H2,1H3. The average molecular weight is 377 g/mol. The highest BCUT2D eigenvalue weighted by molar-refractivity contribution is 9.10. The number of carbonyl (C=O) groups excluding carboxylic acids is 1. The van der Waals surface area contributed by atoms with Crippen LogP contribution in [0.1, 0.15) is 9.80 Å². The van der Waals surface area contributed by atoms with E-state index in [1.807, 2.05) is 24.3 Å². The van der Waals surface area contributed by atoms with Crippen LogP contribution in [0.3, 0.4) is 0 Å². The molecule has 0 aliphatic heterocycles. The summed E-state index contributed by atoms with van der Waals surface area (Å²) in [5.74, 6) is 0.543. The van der Waals surface area contributed by atoms with Crippen molar-refractivity contribution in [2.24, 2.45) is 0 Å². The summed E-state index contributed by atoms with van der Waals surface area (Å²) >= 11 is 10.1. The number of hydrogen-bond acceptors (Lipinski definition) is 5. The van der Waals surface area contributed by atoms with Gasteiger partial charge in [-0.3, -0.25) is 4.79 Å². The molecule has 8 heteroatoms. The van der Waals surface area contributed by atoms with Crippen LogP contribution in [0.5, 0.6) is 5.75 Å². The Morgan fingerprint density at radius 1 is 1.40 bits per heavy atom. The van der Waals surface area contributed by atoms with Crippen LogP contribution in [-0.2, 0) is 0 Å². The van der Waals surface area contributed by atoms with Gasteiger partial charge in [0.1, 0.15) is 12.4 Å². The summed E-state index contributed by atoms with van der Waals surface area (Å²) < 4.78 is 6.80. The lowest BCUT2D eigenvalue weighted by atomic mass is 10.3. The van der Waals surface area contributed by atoms with Crippen LogP contribution < -0.4 is 4.74 Å². The van der Waals surface area contributed by atoms with Crippen LogP contribution in [0.2, 0.25) is 4.47 Å². The monoisotopic (exact) mass is 375 g/mol. The van der Waals surface area contributed by atoms with Gasteiger partial charge in [0.2, 0.25) is 9.47 Å². The number of likely N-dealkylation sites (N-methyl/N-ethyl adjacent to an activating group) is 1. The lowest BCUT2D eigenvalue weighted by Gasteiger charge is -2.15. The fourth-order valence-corrected chi connectivity index (χ4v) is 2.48. The number of amides is 1. The van der Waals surface area contributed by atoms with Crippen molar-refractivity contribution >= 4 is 44.8 Å². The van der Waals surface area contributed by atoms with Crippen LogP contribution in [0, 0.1) is 0 Å². The molecule has 0 bridgehead atoms. The molecule has 0 N–H and O–H groups in total. The highest BCUT2D eigenvalue weighted by Crippen LogP contribution is 2.17. The zero-order chi connectivity index (χ0) is 14.5. The van der Waals surface area contributed by atoms with Crippen molar-refractivity contribution in [3.8, 4) is 5.75 Å². The van der Waals surface area contributed by atoms with Crippen molar-refractivity contribution in [2.75, 3.05) is 20.2 Å². The van der Waals surface area contributed by atoms with E-state index in [4.69, 9.17) is 16.3 Å². The Labute approximate surface area is 133 Å². The molecule has 2 aromatic rings. The second kappa shape index (κ2) is 7.01. The van der Waals surface area contributed by atoms with Crippen LogP contribution >= 0.6 is 38.9 Å². The molecule has 0 spiro atoms. The Balaban J connectivity index is 1.81. The molecule has 0 saturated heterocycles. The first-order valence-electron chi connectivity index (χ1n) is 5.69. The molecule has 0 unspecified atom stereocenters. The molecule has 1 heterocycles. The number of ether oxygens (including phenoxy) is 1. The minimum Gasteiger partial charge on any atom is -0.492 e. The van der Waals surface area contributed by atoms with E-state index in [2.05, 4.69) is 26.1 Å². The molecule has 0 radical (unpaired) electrons. The highest BCUT2D eigenvalue weighted by Gasteiger charge is 2.16. The van der Waals surface area contributed by atoms with E-state index in [-0.39, 0.29) is 15.4 Å². The average Bonchev–Trinajstić information content (AvgIpc) is 2.86. The predicted molar refractivity (Wildman–Crippen MR) is 81.5 cm³/mol. The van der Waals surface area contributed by atoms with Crippen LogP contribution in [0.25, 0.3) is 0 Å². The van der Waals surface area contributed by atoms with Gasteiger partial charge in [-0.15, -0.1) is 10.2 Å². The molecule has 20 heavy (non-hydrogen) atoms. The summed E-state index contributed by atoms with van der Waals surface area (Å²) in [6.45, 7) is 0.850. The number of halogens is 2. The topological polar surface area (TPSA) is 55.3 Å². The maximum absolute atomic E-state index is 12.0. The van der Waals surface area contributed by atoms with E-state index in [0.717, 1.165) is 21.6 Å². The Bertz CT molecular complexity index is 591. The molecule has 0 atom stereocenters. The third-order valence-corrected chi connectivity index (χ3v) is 3.97. The van der Waals surface area contributed by atoms with Gasteiger partial charge in [0.25, 0.3) is 5.91 Å². The molecule has 1 aromatic heterocycles. The maximum atomic E-state index is 12.0. The summed E-state index contributed by atoms with van der Waals surface area (Å²) in [7, 11) is 1.68. The summed E-state index contributed by atoms with van der Waals surface area (Å²) in [4.78, 5) is 13.5. The quantitative estimate of drug-likeness (QED) is 0.804. The summed E-state index contributed by atoms with van der Waals surface area (Å²) in [5, 5.41) is 7.60. The van der Waals surface area contributed by atoms with Crippen molar-refractivity contribution < 1.29 is 9.53 Å². The summed E-state index contributed by atoms with van der Waals surface area (Å²) in [6, 6.07) is 7.51. The molecule has 5 nitrogen and oxygen atoms in total. The number of carbonyl (C=O) groups is 1. The van der Waals surface area contributed by atoms with Gasteiger partial charge in [-0.2, -0.15) is 0 Å². The molecule has 106 valence electrons. The smallest absolute Gasteiger partial charge is 0.284 e. The first-order chi connectivity index (χ1) is 9.56. The molecule has 2 rings (SSSR count). The van der Waals surface area contributed by atoms with Gasteiger partial charge < -0.3 is 9.64 Å². The van der Waals surface area contributed by atoms with Gasteiger partial charge in [0, 0.05) is 11.5 Å². The lowest BCUT2D eigenvalue weighted by molar-refractivity contribution is 0.0772. The molecule has 0 fully saturated rings. The first kappa shape index (κ1) is 15.2. The van der Waals surface area contributed by atoms with Crippen LogP contribution in [0.4, 0.5) is 0 Å². The zero-order valence-electron chi connectivity index (χ0n) is 10.5. The molecule has 1 aromatic carbocycles. The van der Waals surface area contributed by atoms with Crippen molar-refractivity contribution in [3.05, 3.63) is 38.2 Å². The number of aromatic nitrogens is 2. The van der Waals surface area contributed by atoms with E-state index in [1.54, 1.807) is 7.05 Å². The van der Waals surface area contributed by atoms with Crippen molar-refractivity contribution in [3.63, 3.8) is 0 Å². The number of rotatable bonds is 5. The molecule has 0 aliphatic rings. The Morgan fingerprint density at radius 2 is 2.10 bits per heavy atom. The fourth-order valence-electron chi connectivity index (χ4n) is 1.39. The second-order valence-electron chi connectivity index (χ2n) is 3.89. The fraction of sp³-hybridized carbons (Fsp3) is 0.250. The Morgan fingerprint density at radius 3 is 2.70 bits per heavy atom. The van der Waals surface area contributed by atoms with Crippen molar-refractivity contribution in [2.45, 2.75) is 0 Å². The van der Waals surface area contributed by atoms with E-state index in [1.165, 1.54) is 4.90 Å². The Hall–Kier alpha value is -1.18. The summed E-state index contributed by atoms with van der Waals surface area (Å²) in [6.07, 6.45) is 0. The molecular weight excluding hydrogens is 366 g/mol. The molecule has 0 saturated carbocycles. The van der Waals surface area contributed by atoms with Gasteiger partial charge in [-0.05, 0) is 35.9 Å². The molecule has 0 aliphatic carbocycles. The van der Waals surface area contributed by atoms with E-state index < -0.39 is 0 Å². The minimum atomic E-state index is -0.214. The van der Waals surface area contributed by atoms with Gasteiger partial charge in [-0.1, -0.05) is 27.3 Å². The number of nitrogens with zero attached hydrogens (tertiary/aromatic N) is 3. The van der Waals surface area contributed by atoms with E-state index in [9.17, 15) is 4.79 Å². The Kier molecular flexibility index (Phi) is 5.33. The molecular formula is C12H11BrClN3O2S. The van der Waals surface area contributed by atoms with Gasteiger partial charge in [0.05, 0.1) is 6.54 Å². The SMILES string of the molecule is CN(CCOc1ccc(Br)cc1)C(=O)c1nnc(Cl)s1. The van der Waals surface area contributed by atoms with E-state index in [0.29, 0.717) is 13.2 Å². The van der Waals surface area contributed by atoms with Crippen LogP contribution in [0.15, 0.2) is 28.7 Å². The number of hydrogen-bond donors (Lipinski definition) is 0. The van der Waals surface area contributed by atoms with Gasteiger partial charge in [0.15, 0.2) is 0 Å². The first-order valence-corrected chi connectivity index (χ1v) is 7.68. The van der Waals surface area contributed by atoms with Gasteiger partial charge >= 0.3 is 0 Å². The highest BCUT2D eigenvalue weighted by atomic mass is 79.9. The number of benzene rings is 1. The third kappa shape index (κ3) is 4.16. The predicted octanol–water partition coefficient (Wildman–Crippen LogP) is 3.11.